The van der Waals surface area contributed by atoms with Crippen LogP contribution in [0.15, 0.2) is 66.1 Å². The van der Waals surface area contributed by atoms with Gasteiger partial charge in [0.1, 0.15) is 24.2 Å². The quantitative estimate of drug-likeness (QED) is 0.251. The number of carbonyl (C=O) groups is 1. The molecule has 1 N–H and O–H groups in total. The first-order chi connectivity index (χ1) is 19.0. The fraction of sp³-hybridized carbons (Fsp3) is 0.214. The van der Waals surface area contributed by atoms with E-state index in [0.29, 0.717) is 57.5 Å². The Kier molecular flexibility index (Phi) is 7.52. The first kappa shape index (κ1) is 25.9. The third-order valence-electron chi connectivity index (χ3n) is 6.24. The number of benzene rings is 2. The topological polar surface area (TPSA) is 130 Å². The van der Waals surface area contributed by atoms with E-state index in [-0.39, 0.29) is 24.5 Å². The zero-order chi connectivity index (χ0) is 27.4. The molecule has 0 spiro atoms. The number of amides is 1. The van der Waals surface area contributed by atoms with Gasteiger partial charge in [0, 0.05) is 42.4 Å². The summed E-state index contributed by atoms with van der Waals surface area (Å²) in [4.78, 5) is 34.2. The maximum atomic E-state index is 12.7. The van der Waals surface area contributed by atoms with Crippen LogP contribution in [0.25, 0.3) is 10.9 Å². The fourth-order valence-corrected chi connectivity index (χ4v) is 4.66. The van der Waals surface area contributed by atoms with Gasteiger partial charge in [-0.15, -0.1) is 4.91 Å². The van der Waals surface area contributed by atoms with Crippen molar-refractivity contribution in [1.82, 2.24) is 9.97 Å². The van der Waals surface area contributed by atoms with Crippen molar-refractivity contribution in [3.63, 3.8) is 0 Å². The summed E-state index contributed by atoms with van der Waals surface area (Å²) < 4.78 is 11.6. The van der Waals surface area contributed by atoms with Crippen molar-refractivity contribution in [1.29, 1.82) is 5.26 Å². The number of nitriles is 1. The molecule has 1 saturated heterocycles. The Morgan fingerprint density at radius 3 is 2.77 bits per heavy atom. The molecule has 0 radical (unpaired) electrons. The second-order valence-electron chi connectivity index (χ2n) is 8.70. The van der Waals surface area contributed by atoms with Crippen molar-refractivity contribution < 1.29 is 14.3 Å². The minimum absolute atomic E-state index is 0.203. The van der Waals surface area contributed by atoms with Crippen LogP contribution in [0.1, 0.15) is 31.0 Å². The molecule has 39 heavy (non-hydrogen) atoms. The normalized spacial score (nSPS) is 14.7. The van der Waals surface area contributed by atoms with Gasteiger partial charge in [0.15, 0.2) is 6.17 Å². The van der Waals surface area contributed by atoms with Gasteiger partial charge in [-0.25, -0.2) is 0 Å². The van der Waals surface area contributed by atoms with Crippen LogP contribution in [0.5, 0.6) is 11.5 Å². The summed E-state index contributed by atoms with van der Waals surface area (Å²) in [6.07, 6.45) is 2.84. The third-order valence-corrected chi connectivity index (χ3v) is 6.53. The molecule has 0 bridgehead atoms. The number of hydrogen-bond acceptors (Lipinski definition) is 9. The van der Waals surface area contributed by atoms with E-state index in [1.165, 1.54) is 11.1 Å². The lowest BCUT2D eigenvalue weighted by molar-refractivity contribution is -0.117. The molecule has 1 atom stereocenters. The molecule has 1 unspecified atom stereocenters. The SMILES string of the molecule is CCOc1cc2ncc(C#N)c(Nc3ccc(OCc4ccccn4)c(Cl)c3)c2cc1N1C(=O)CCC1N=O. The van der Waals surface area contributed by atoms with E-state index in [1.54, 1.807) is 36.5 Å². The summed E-state index contributed by atoms with van der Waals surface area (Å²) in [6.45, 7) is 2.42. The average Bonchev–Trinajstić information content (AvgIpc) is 3.33. The number of anilines is 3. The van der Waals surface area contributed by atoms with Gasteiger partial charge in [-0.3, -0.25) is 19.7 Å². The Morgan fingerprint density at radius 2 is 2.05 bits per heavy atom. The highest BCUT2D eigenvalue weighted by atomic mass is 35.5. The maximum Gasteiger partial charge on any atom is 0.229 e. The Hall–Kier alpha value is -4.75. The van der Waals surface area contributed by atoms with Gasteiger partial charge in [-0.1, -0.05) is 17.7 Å². The smallest absolute Gasteiger partial charge is 0.229 e. The van der Waals surface area contributed by atoms with Crippen LogP contribution >= 0.6 is 11.6 Å². The van der Waals surface area contributed by atoms with Crippen LogP contribution in [-0.2, 0) is 11.4 Å². The molecule has 3 heterocycles. The molecule has 1 amide bonds. The van der Waals surface area contributed by atoms with Crippen LogP contribution in [0.4, 0.5) is 17.1 Å². The van der Waals surface area contributed by atoms with Crippen LogP contribution in [-0.4, -0.2) is 28.6 Å². The molecule has 4 aromatic rings. The molecule has 1 aliphatic rings. The largest absolute Gasteiger partial charge is 0.492 e. The number of nitroso groups, excluding NO2 is 1. The van der Waals surface area contributed by atoms with E-state index in [1.807, 2.05) is 25.1 Å². The van der Waals surface area contributed by atoms with Gasteiger partial charge in [-0.2, -0.15) is 5.26 Å². The van der Waals surface area contributed by atoms with Gasteiger partial charge in [-0.05, 0) is 48.5 Å². The zero-order valence-corrected chi connectivity index (χ0v) is 21.7. The molecule has 0 saturated carbocycles. The van der Waals surface area contributed by atoms with Crippen LogP contribution < -0.4 is 19.7 Å². The Bertz CT molecular complexity index is 1590. The molecule has 196 valence electrons. The summed E-state index contributed by atoms with van der Waals surface area (Å²) in [5.74, 6) is 0.651. The highest BCUT2D eigenvalue weighted by Crippen LogP contribution is 2.41. The molecule has 10 nitrogen and oxygen atoms in total. The predicted molar refractivity (Wildman–Crippen MR) is 147 cm³/mol. The molecule has 1 aliphatic heterocycles. The van der Waals surface area contributed by atoms with Crippen molar-refractivity contribution in [2.45, 2.75) is 32.5 Å². The fourth-order valence-electron chi connectivity index (χ4n) is 4.43. The molecule has 11 heteroatoms. The van der Waals surface area contributed by atoms with Crippen molar-refractivity contribution in [3.05, 3.63) is 82.1 Å². The number of halogens is 1. The highest BCUT2D eigenvalue weighted by molar-refractivity contribution is 6.32. The van der Waals surface area contributed by atoms with E-state index in [0.717, 1.165) is 5.69 Å². The monoisotopic (exact) mass is 542 g/mol. The Morgan fingerprint density at radius 1 is 1.18 bits per heavy atom. The molecular formula is C28H23ClN6O4. The van der Waals surface area contributed by atoms with E-state index in [9.17, 15) is 15.0 Å². The molecule has 1 fully saturated rings. The number of rotatable bonds is 9. The lowest BCUT2D eigenvalue weighted by Gasteiger charge is -2.23. The van der Waals surface area contributed by atoms with Crippen LogP contribution in [0.2, 0.25) is 5.02 Å². The minimum atomic E-state index is -0.838. The van der Waals surface area contributed by atoms with Crippen LogP contribution in [0.3, 0.4) is 0 Å². The summed E-state index contributed by atoms with van der Waals surface area (Å²) in [5.41, 5.74) is 3.05. The molecule has 2 aromatic heterocycles. The van der Waals surface area contributed by atoms with Gasteiger partial charge in [0.25, 0.3) is 0 Å². The number of hydrogen-bond donors (Lipinski definition) is 1. The second kappa shape index (κ2) is 11.3. The van der Waals surface area contributed by atoms with E-state index >= 15 is 0 Å². The van der Waals surface area contributed by atoms with E-state index < -0.39 is 6.17 Å². The van der Waals surface area contributed by atoms with Gasteiger partial charge >= 0.3 is 0 Å². The number of pyridine rings is 2. The molecule has 5 rings (SSSR count). The van der Waals surface area contributed by atoms with Crippen molar-refractivity contribution >= 4 is 45.5 Å². The standard InChI is InChI=1S/C28H23ClN6O4/c1-2-38-25-13-22-20(12-23(25)35-26(34-37)8-9-27(35)36)28(17(14-30)15-32-22)33-18-6-7-24(21(29)11-18)39-16-19-5-3-4-10-31-19/h3-7,10-13,15,26H,2,8-9,16H2,1H3,(H,32,33). The number of fused-ring (bicyclic) bond motifs is 1. The molecule has 2 aromatic carbocycles. The Labute approximate surface area is 229 Å². The van der Waals surface area contributed by atoms with Gasteiger partial charge in [0.2, 0.25) is 5.91 Å². The molecule has 0 aliphatic carbocycles. The van der Waals surface area contributed by atoms with Gasteiger partial charge in [0.05, 0.1) is 39.8 Å². The van der Waals surface area contributed by atoms with E-state index in [2.05, 4.69) is 26.5 Å². The Balaban J connectivity index is 1.52. The van der Waals surface area contributed by atoms with Crippen molar-refractivity contribution in [2.75, 3.05) is 16.8 Å². The lowest BCUT2D eigenvalue weighted by Crippen LogP contribution is -2.31. The number of nitrogens with zero attached hydrogens (tertiary/aromatic N) is 5. The lowest BCUT2D eigenvalue weighted by atomic mass is 10.1. The van der Waals surface area contributed by atoms with Crippen molar-refractivity contribution in [2.24, 2.45) is 5.18 Å². The molecular weight excluding hydrogens is 520 g/mol. The average molecular weight is 543 g/mol. The number of carbonyl (C=O) groups excluding carboxylic acids is 1. The summed E-state index contributed by atoms with van der Waals surface area (Å²) in [7, 11) is 0. The summed E-state index contributed by atoms with van der Waals surface area (Å²) in [5, 5.41) is 17.2. The number of aromatic nitrogens is 2. The number of nitrogens with one attached hydrogen (secondary N) is 1. The van der Waals surface area contributed by atoms with E-state index in [4.69, 9.17) is 21.1 Å². The second-order valence-corrected chi connectivity index (χ2v) is 9.10. The predicted octanol–water partition coefficient (Wildman–Crippen LogP) is 6.10. The summed E-state index contributed by atoms with van der Waals surface area (Å²) >= 11 is 6.51. The third kappa shape index (κ3) is 5.30. The maximum absolute atomic E-state index is 12.7. The summed E-state index contributed by atoms with van der Waals surface area (Å²) in [6, 6.07) is 16.3. The minimum Gasteiger partial charge on any atom is -0.492 e. The van der Waals surface area contributed by atoms with Crippen molar-refractivity contribution in [3.8, 4) is 17.6 Å². The first-order valence-corrected chi connectivity index (χ1v) is 12.6. The highest BCUT2D eigenvalue weighted by Gasteiger charge is 2.35. The van der Waals surface area contributed by atoms with Crippen LogP contribution in [0, 0.1) is 16.2 Å². The first-order valence-electron chi connectivity index (χ1n) is 12.3. The number of ether oxygens (including phenoxy) is 2. The van der Waals surface area contributed by atoms with Gasteiger partial charge < -0.3 is 14.8 Å². The zero-order valence-electron chi connectivity index (χ0n) is 20.9.